The van der Waals surface area contributed by atoms with Crippen molar-refractivity contribution in [1.29, 1.82) is 0 Å². The topological polar surface area (TPSA) is 129 Å². The van der Waals surface area contributed by atoms with Gasteiger partial charge in [-0.25, -0.2) is 5.43 Å². The van der Waals surface area contributed by atoms with Gasteiger partial charge in [-0.1, -0.05) is 30.3 Å². The van der Waals surface area contributed by atoms with Crippen LogP contribution in [0.15, 0.2) is 48.5 Å². The number of benzene rings is 2. The minimum atomic E-state index is -0.676. The van der Waals surface area contributed by atoms with Crippen LogP contribution in [0.2, 0.25) is 0 Å². The molecule has 1 heterocycles. The lowest BCUT2D eigenvalue weighted by atomic mass is 10.2. The molecule has 0 bridgehead atoms. The van der Waals surface area contributed by atoms with Crippen LogP contribution in [0.4, 0.5) is 17.1 Å². The fourth-order valence-corrected chi connectivity index (χ4v) is 2.87. The van der Waals surface area contributed by atoms with Gasteiger partial charge in [-0.05, 0) is 24.5 Å². The number of nitro groups is 2. The second-order valence-corrected chi connectivity index (χ2v) is 6.31. The lowest BCUT2D eigenvalue weighted by Crippen LogP contribution is -2.34. The molecule has 10 heteroatoms. The first-order valence-electron chi connectivity index (χ1n) is 8.74. The average molecular weight is 388 g/mol. The minimum absolute atomic E-state index is 0.0742. The van der Waals surface area contributed by atoms with Gasteiger partial charge in [0.1, 0.15) is 11.9 Å². The van der Waals surface area contributed by atoms with E-state index in [1.165, 1.54) is 12.1 Å². The van der Waals surface area contributed by atoms with Crippen molar-refractivity contribution in [3.63, 3.8) is 0 Å². The number of ether oxygens (including phenoxy) is 2. The summed E-state index contributed by atoms with van der Waals surface area (Å²) in [6.07, 6.45) is 1.07. The Morgan fingerprint density at radius 2 is 1.86 bits per heavy atom. The summed E-state index contributed by atoms with van der Waals surface area (Å²) in [7, 11) is 0. The van der Waals surface area contributed by atoms with Gasteiger partial charge in [0, 0.05) is 6.07 Å². The van der Waals surface area contributed by atoms with Crippen LogP contribution in [-0.4, -0.2) is 28.8 Å². The molecule has 2 unspecified atom stereocenters. The Kier molecular flexibility index (Phi) is 6.48. The Hall–Kier alpha value is -3.08. The summed E-state index contributed by atoms with van der Waals surface area (Å²) in [5.74, 6) is 0. The molecule has 2 atom stereocenters. The zero-order chi connectivity index (χ0) is 19.9. The van der Waals surface area contributed by atoms with Gasteiger partial charge < -0.3 is 14.9 Å². The predicted octanol–water partition coefficient (Wildman–Crippen LogP) is 3.14. The molecule has 0 radical (unpaired) electrons. The highest BCUT2D eigenvalue weighted by Gasteiger charge is 2.26. The summed E-state index contributed by atoms with van der Waals surface area (Å²) in [5, 5.41) is 21.9. The quantitative estimate of drug-likeness (QED) is 0.495. The Bertz CT molecular complexity index is 832. The standard InChI is InChI=1S/C18H20N4O6/c23-21(24)14-6-8-16(17(10-14)22(25)26)19-20-18-9-7-15(28-18)12-27-11-13-4-2-1-3-5-13/h1-6,8,10,15,18-20H,7,9,11-12H2. The third kappa shape index (κ3) is 5.22. The number of hydrogen-bond acceptors (Lipinski definition) is 8. The van der Waals surface area contributed by atoms with E-state index in [-0.39, 0.29) is 29.4 Å². The summed E-state index contributed by atoms with van der Waals surface area (Å²) in [6, 6.07) is 13.2. The molecular formula is C18H20N4O6. The monoisotopic (exact) mass is 388 g/mol. The van der Waals surface area contributed by atoms with Crippen LogP contribution in [-0.2, 0) is 16.1 Å². The highest BCUT2D eigenvalue weighted by Crippen LogP contribution is 2.29. The van der Waals surface area contributed by atoms with E-state index in [1.54, 1.807) is 0 Å². The maximum Gasteiger partial charge on any atom is 0.300 e. The van der Waals surface area contributed by atoms with Crippen LogP contribution in [0, 0.1) is 20.2 Å². The summed E-state index contributed by atoms with van der Waals surface area (Å²) in [4.78, 5) is 20.6. The summed E-state index contributed by atoms with van der Waals surface area (Å²) >= 11 is 0. The van der Waals surface area contributed by atoms with E-state index in [0.717, 1.165) is 18.1 Å². The molecular weight excluding hydrogens is 368 g/mol. The molecule has 2 aromatic rings. The number of nitro benzene ring substituents is 2. The first-order valence-corrected chi connectivity index (χ1v) is 8.74. The fourth-order valence-electron chi connectivity index (χ4n) is 2.87. The van der Waals surface area contributed by atoms with Crippen LogP contribution < -0.4 is 10.9 Å². The van der Waals surface area contributed by atoms with Crippen molar-refractivity contribution in [3.05, 3.63) is 74.3 Å². The summed E-state index contributed by atoms with van der Waals surface area (Å²) in [6.45, 7) is 0.955. The molecule has 3 rings (SSSR count). The van der Waals surface area contributed by atoms with E-state index in [2.05, 4.69) is 10.9 Å². The molecule has 148 valence electrons. The van der Waals surface area contributed by atoms with E-state index < -0.39 is 9.85 Å². The largest absolute Gasteiger partial charge is 0.374 e. The highest BCUT2D eigenvalue weighted by molar-refractivity contribution is 5.64. The number of anilines is 1. The highest BCUT2D eigenvalue weighted by atomic mass is 16.6. The number of hydrogen-bond donors (Lipinski definition) is 2. The second kappa shape index (κ2) is 9.22. The van der Waals surface area contributed by atoms with Gasteiger partial charge in [0.25, 0.3) is 5.69 Å². The molecule has 1 saturated heterocycles. The van der Waals surface area contributed by atoms with Gasteiger partial charge >= 0.3 is 5.69 Å². The van der Waals surface area contributed by atoms with E-state index in [4.69, 9.17) is 9.47 Å². The van der Waals surface area contributed by atoms with Gasteiger partial charge in [-0.2, -0.15) is 0 Å². The lowest BCUT2D eigenvalue weighted by Gasteiger charge is -2.16. The Balaban J connectivity index is 1.47. The molecule has 2 N–H and O–H groups in total. The minimum Gasteiger partial charge on any atom is -0.374 e. The third-order valence-corrected chi connectivity index (χ3v) is 4.28. The third-order valence-electron chi connectivity index (χ3n) is 4.28. The van der Waals surface area contributed by atoms with E-state index >= 15 is 0 Å². The molecule has 2 aromatic carbocycles. The summed E-state index contributed by atoms with van der Waals surface area (Å²) < 4.78 is 11.5. The Morgan fingerprint density at radius 3 is 2.57 bits per heavy atom. The Labute approximate surface area is 160 Å². The van der Waals surface area contributed by atoms with E-state index in [9.17, 15) is 20.2 Å². The van der Waals surface area contributed by atoms with Crippen molar-refractivity contribution in [2.75, 3.05) is 12.0 Å². The van der Waals surface area contributed by atoms with Crippen LogP contribution in [0.3, 0.4) is 0 Å². The molecule has 1 aliphatic heterocycles. The molecule has 0 amide bonds. The maximum absolute atomic E-state index is 11.1. The van der Waals surface area contributed by atoms with Crippen molar-refractivity contribution in [3.8, 4) is 0 Å². The Morgan fingerprint density at radius 1 is 1.07 bits per heavy atom. The van der Waals surface area contributed by atoms with E-state index in [1.807, 2.05) is 30.3 Å². The van der Waals surface area contributed by atoms with Crippen LogP contribution >= 0.6 is 0 Å². The van der Waals surface area contributed by atoms with Crippen molar-refractivity contribution >= 4 is 17.1 Å². The zero-order valence-electron chi connectivity index (χ0n) is 14.9. The van der Waals surface area contributed by atoms with Gasteiger partial charge in [0.15, 0.2) is 0 Å². The molecule has 0 aromatic heterocycles. The van der Waals surface area contributed by atoms with Crippen LogP contribution in [0.1, 0.15) is 18.4 Å². The second-order valence-electron chi connectivity index (χ2n) is 6.31. The number of hydrazine groups is 1. The smallest absolute Gasteiger partial charge is 0.300 e. The SMILES string of the molecule is O=[N+]([O-])c1ccc(NNC2CCC(COCc3ccccc3)O2)c([N+](=O)[O-])c1. The number of nitrogens with one attached hydrogen (secondary N) is 2. The van der Waals surface area contributed by atoms with Crippen molar-refractivity contribution in [1.82, 2.24) is 5.43 Å². The first-order chi connectivity index (χ1) is 13.5. The van der Waals surface area contributed by atoms with Crippen molar-refractivity contribution < 1.29 is 19.3 Å². The molecule has 0 aliphatic carbocycles. The van der Waals surface area contributed by atoms with Crippen molar-refractivity contribution in [2.45, 2.75) is 31.8 Å². The number of non-ortho nitro benzene ring substituents is 1. The summed E-state index contributed by atoms with van der Waals surface area (Å²) in [5.41, 5.74) is 6.09. The molecule has 28 heavy (non-hydrogen) atoms. The average Bonchev–Trinajstić information content (AvgIpc) is 3.14. The molecule has 1 aliphatic rings. The van der Waals surface area contributed by atoms with Gasteiger partial charge in [-0.15, -0.1) is 0 Å². The first kappa shape index (κ1) is 19.7. The fraction of sp³-hybridized carbons (Fsp3) is 0.333. The van der Waals surface area contributed by atoms with Gasteiger partial charge in [0.2, 0.25) is 0 Å². The van der Waals surface area contributed by atoms with E-state index in [0.29, 0.717) is 19.6 Å². The van der Waals surface area contributed by atoms with Crippen molar-refractivity contribution in [2.24, 2.45) is 0 Å². The number of rotatable bonds is 9. The molecule has 1 fully saturated rings. The predicted molar refractivity (Wildman–Crippen MR) is 101 cm³/mol. The van der Waals surface area contributed by atoms with Crippen LogP contribution in [0.25, 0.3) is 0 Å². The lowest BCUT2D eigenvalue weighted by molar-refractivity contribution is -0.393. The number of nitrogens with zero attached hydrogens (tertiary/aromatic N) is 2. The van der Waals surface area contributed by atoms with Crippen LogP contribution in [0.5, 0.6) is 0 Å². The normalized spacial score (nSPS) is 18.7. The molecule has 10 nitrogen and oxygen atoms in total. The maximum atomic E-state index is 11.1. The molecule has 0 spiro atoms. The zero-order valence-corrected chi connectivity index (χ0v) is 14.9. The molecule has 0 saturated carbocycles. The van der Waals surface area contributed by atoms with Gasteiger partial charge in [-0.3, -0.25) is 20.2 Å². The van der Waals surface area contributed by atoms with Gasteiger partial charge in [0.05, 0.1) is 35.2 Å².